The van der Waals surface area contributed by atoms with Crippen LogP contribution in [-0.4, -0.2) is 33.2 Å². The predicted molar refractivity (Wildman–Crippen MR) is 107 cm³/mol. The molecule has 27 heavy (non-hydrogen) atoms. The second kappa shape index (κ2) is 6.09. The molecule has 1 aromatic heterocycles. The molecule has 0 amide bonds. The number of nitrogens with zero attached hydrogens (tertiary/aromatic N) is 2. The Morgan fingerprint density at radius 2 is 1.85 bits per heavy atom. The Kier molecular flexibility index (Phi) is 3.84. The monoisotopic (exact) mass is 360 g/mol. The number of hydrogen-bond donors (Lipinski definition) is 3. The number of aliphatic hydroxyl groups is 1. The number of carbonyl (C=O) groups is 1. The van der Waals surface area contributed by atoms with Crippen LogP contribution in [0.4, 0.5) is 5.69 Å². The number of carbonyl (C=O) groups excluding carboxylic acids is 1. The Bertz CT molecular complexity index is 1080. The van der Waals surface area contributed by atoms with Crippen LogP contribution in [0.3, 0.4) is 0 Å². The second-order valence-electron chi connectivity index (χ2n) is 6.90. The highest BCUT2D eigenvalue weighted by atomic mass is 16.3. The molecular formula is C21H20N4O2. The van der Waals surface area contributed by atoms with E-state index < -0.39 is 0 Å². The van der Waals surface area contributed by atoms with Crippen molar-refractivity contribution in [2.45, 2.75) is 20.8 Å². The van der Waals surface area contributed by atoms with Gasteiger partial charge < -0.3 is 15.0 Å². The first-order valence-electron chi connectivity index (χ1n) is 8.72. The molecule has 3 N–H and O–H groups in total. The summed E-state index contributed by atoms with van der Waals surface area (Å²) in [4.78, 5) is 20.9. The molecule has 136 valence electrons. The lowest BCUT2D eigenvalue weighted by atomic mass is 10.1. The number of ketones is 1. The minimum atomic E-state index is -0.00688. The van der Waals surface area contributed by atoms with Crippen LogP contribution in [0.15, 0.2) is 42.2 Å². The van der Waals surface area contributed by atoms with Crippen molar-refractivity contribution in [3.05, 3.63) is 64.7 Å². The fourth-order valence-corrected chi connectivity index (χ4v) is 3.31. The Morgan fingerprint density at radius 3 is 2.52 bits per heavy atom. The smallest absolute Gasteiger partial charge is 0.159 e. The fraction of sp³-hybridized carbons (Fsp3) is 0.190. The molecule has 0 aliphatic carbocycles. The number of imidazole rings is 1. The number of benzene rings is 2. The maximum Gasteiger partial charge on any atom is 0.159 e. The summed E-state index contributed by atoms with van der Waals surface area (Å²) in [6.45, 7) is 5.78. The van der Waals surface area contributed by atoms with Crippen molar-refractivity contribution in [2.24, 2.45) is 0 Å². The molecule has 1 aliphatic rings. The summed E-state index contributed by atoms with van der Waals surface area (Å²) in [5.41, 5.74) is 5.75. The molecule has 0 saturated carbocycles. The lowest BCUT2D eigenvalue weighted by Gasteiger charge is -2.18. The van der Waals surface area contributed by atoms with Crippen molar-refractivity contribution in [3.8, 4) is 0 Å². The molecule has 0 atom stereocenters. The van der Waals surface area contributed by atoms with Crippen molar-refractivity contribution in [1.29, 1.82) is 5.41 Å². The largest absolute Gasteiger partial charge is 0.509 e. The summed E-state index contributed by atoms with van der Waals surface area (Å²) in [5, 5.41) is 19.1. The van der Waals surface area contributed by atoms with Crippen LogP contribution < -0.4 is 4.90 Å². The number of amidine groups is 1. The van der Waals surface area contributed by atoms with E-state index >= 15 is 0 Å². The number of aromatic nitrogens is 2. The van der Waals surface area contributed by atoms with Gasteiger partial charge in [-0.15, -0.1) is 0 Å². The van der Waals surface area contributed by atoms with Gasteiger partial charge in [0.25, 0.3) is 0 Å². The molecule has 0 unspecified atom stereocenters. The molecule has 0 fully saturated rings. The molecule has 0 saturated heterocycles. The van der Waals surface area contributed by atoms with Gasteiger partial charge >= 0.3 is 0 Å². The number of fused-ring (bicyclic) bond motifs is 1. The van der Waals surface area contributed by atoms with Crippen LogP contribution in [0, 0.1) is 19.3 Å². The highest BCUT2D eigenvalue weighted by Gasteiger charge is 2.31. The van der Waals surface area contributed by atoms with Gasteiger partial charge in [-0.05, 0) is 68.3 Å². The van der Waals surface area contributed by atoms with Gasteiger partial charge in [-0.1, -0.05) is 0 Å². The molecule has 6 nitrogen and oxygen atoms in total. The van der Waals surface area contributed by atoms with Crippen LogP contribution in [-0.2, 0) is 0 Å². The number of aromatic amines is 1. The van der Waals surface area contributed by atoms with E-state index in [0.717, 1.165) is 27.8 Å². The van der Waals surface area contributed by atoms with E-state index in [0.29, 0.717) is 17.0 Å². The van der Waals surface area contributed by atoms with Crippen LogP contribution >= 0.6 is 0 Å². The number of anilines is 1. The zero-order valence-corrected chi connectivity index (χ0v) is 15.4. The van der Waals surface area contributed by atoms with Gasteiger partial charge in [-0.2, -0.15) is 0 Å². The Balaban J connectivity index is 1.69. The Hall–Kier alpha value is -3.41. The summed E-state index contributed by atoms with van der Waals surface area (Å²) >= 11 is 0. The molecule has 0 spiro atoms. The van der Waals surface area contributed by atoms with E-state index in [1.54, 1.807) is 29.2 Å². The van der Waals surface area contributed by atoms with E-state index in [1.165, 1.54) is 6.92 Å². The topological polar surface area (TPSA) is 93.1 Å². The van der Waals surface area contributed by atoms with Gasteiger partial charge in [0.1, 0.15) is 17.4 Å². The van der Waals surface area contributed by atoms with E-state index in [1.807, 2.05) is 26.0 Å². The Morgan fingerprint density at radius 1 is 1.19 bits per heavy atom. The highest BCUT2D eigenvalue weighted by Crippen LogP contribution is 2.31. The van der Waals surface area contributed by atoms with E-state index in [-0.39, 0.29) is 23.9 Å². The average molecular weight is 360 g/mol. The van der Waals surface area contributed by atoms with Gasteiger partial charge in [0.05, 0.1) is 23.2 Å². The SMILES string of the molecule is CC(=O)c1ccc(N2CC(O)=C(c3nc4cc(C)c(C)cc4[nH]3)C2=N)cc1. The van der Waals surface area contributed by atoms with Gasteiger partial charge in [-0.3, -0.25) is 10.2 Å². The number of Topliss-reactive ketones (excluding diaryl/α,β-unsaturated/α-hetero) is 1. The molecule has 4 rings (SSSR count). The third-order valence-electron chi connectivity index (χ3n) is 5.02. The number of nitrogens with one attached hydrogen (secondary N) is 2. The number of aryl methyl sites for hydroxylation is 2. The molecule has 2 aromatic carbocycles. The average Bonchev–Trinajstić information content (AvgIpc) is 3.15. The Labute approximate surface area is 156 Å². The van der Waals surface area contributed by atoms with Gasteiger partial charge in [0.15, 0.2) is 5.78 Å². The first-order valence-corrected chi connectivity index (χ1v) is 8.72. The number of hydrogen-bond acceptors (Lipinski definition) is 4. The molecule has 3 aromatic rings. The van der Waals surface area contributed by atoms with Gasteiger partial charge in [0, 0.05) is 11.3 Å². The van der Waals surface area contributed by atoms with Crippen LogP contribution in [0.25, 0.3) is 16.6 Å². The number of rotatable bonds is 3. The summed E-state index contributed by atoms with van der Waals surface area (Å²) < 4.78 is 0. The minimum absolute atomic E-state index is 0.00688. The van der Waals surface area contributed by atoms with Gasteiger partial charge in [0.2, 0.25) is 0 Å². The lowest BCUT2D eigenvalue weighted by molar-refractivity contribution is 0.101. The third-order valence-corrected chi connectivity index (χ3v) is 5.02. The normalized spacial score (nSPS) is 14.5. The van der Waals surface area contributed by atoms with E-state index in [2.05, 4.69) is 9.97 Å². The maximum atomic E-state index is 11.4. The van der Waals surface area contributed by atoms with Crippen LogP contribution in [0.2, 0.25) is 0 Å². The standard InChI is InChI=1S/C21H20N4O2/c1-11-8-16-17(9-12(11)2)24-21(23-16)19-18(27)10-25(20(19)22)15-6-4-14(5-7-15)13(3)26/h4-9,22,27H,10H2,1-3H3,(H,23,24). The maximum absolute atomic E-state index is 11.4. The molecule has 2 heterocycles. The molecule has 0 bridgehead atoms. The molecule has 1 aliphatic heterocycles. The molecular weight excluding hydrogens is 340 g/mol. The summed E-state index contributed by atoms with van der Waals surface area (Å²) in [6, 6.07) is 11.0. The highest BCUT2D eigenvalue weighted by molar-refractivity contribution is 6.30. The van der Waals surface area contributed by atoms with Crippen LogP contribution in [0.5, 0.6) is 0 Å². The summed E-state index contributed by atoms with van der Waals surface area (Å²) in [5.74, 6) is 0.756. The summed E-state index contributed by atoms with van der Waals surface area (Å²) in [6.07, 6.45) is 0. The van der Waals surface area contributed by atoms with Crippen LogP contribution in [0.1, 0.15) is 34.2 Å². The quantitative estimate of drug-likeness (QED) is 0.612. The predicted octanol–water partition coefficient (Wildman–Crippen LogP) is 4.15. The minimum Gasteiger partial charge on any atom is -0.509 e. The zero-order valence-electron chi connectivity index (χ0n) is 15.4. The number of H-pyrrole nitrogens is 1. The lowest BCUT2D eigenvalue weighted by Crippen LogP contribution is -2.26. The third kappa shape index (κ3) is 2.79. The van der Waals surface area contributed by atoms with Gasteiger partial charge in [-0.25, -0.2) is 4.98 Å². The van der Waals surface area contributed by atoms with Crippen molar-refractivity contribution in [2.75, 3.05) is 11.4 Å². The van der Waals surface area contributed by atoms with Crippen molar-refractivity contribution < 1.29 is 9.90 Å². The summed E-state index contributed by atoms with van der Waals surface area (Å²) in [7, 11) is 0. The second-order valence-corrected chi connectivity index (χ2v) is 6.90. The van der Waals surface area contributed by atoms with E-state index in [4.69, 9.17) is 5.41 Å². The molecule has 6 heteroatoms. The fourth-order valence-electron chi connectivity index (χ4n) is 3.31. The van der Waals surface area contributed by atoms with Crippen molar-refractivity contribution >= 4 is 33.9 Å². The first-order chi connectivity index (χ1) is 12.8. The first kappa shape index (κ1) is 17.0. The zero-order chi connectivity index (χ0) is 19.3. The van der Waals surface area contributed by atoms with Crippen molar-refractivity contribution in [3.63, 3.8) is 0 Å². The van der Waals surface area contributed by atoms with E-state index in [9.17, 15) is 9.90 Å². The molecule has 0 radical (unpaired) electrons. The number of aliphatic hydroxyl groups excluding tert-OH is 1. The van der Waals surface area contributed by atoms with Crippen molar-refractivity contribution in [1.82, 2.24) is 9.97 Å².